The number of carbonyl (C=O) groups is 1. The first-order chi connectivity index (χ1) is 12.8. The van der Waals surface area contributed by atoms with Gasteiger partial charge in [0, 0.05) is 44.9 Å². The van der Waals surface area contributed by atoms with E-state index < -0.39 is 14.8 Å². The van der Waals surface area contributed by atoms with Crippen molar-refractivity contribution < 1.29 is 18.1 Å². The van der Waals surface area contributed by atoms with E-state index in [0.29, 0.717) is 44.2 Å². The number of nitro groups is 1. The van der Waals surface area contributed by atoms with Crippen molar-refractivity contribution in [3.8, 4) is 0 Å². The molecule has 1 atom stereocenters. The molecule has 146 valence electrons. The molecule has 0 spiro atoms. The van der Waals surface area contributed by atoms with Gasteiger partial charge in [-0.05, 0) is 30.9 Å². The zero-order chi connectivity index (χ0) is 19.6. The third-order valence-corrected chi connectivity index (χ3v) is 6.20. The molecule has 1 heterocycles. The van der Waals surface area contributed by atoms with Crippen LogP contribution in [0.2, 0.25) is 0 Å². The number of benzene rings is 1. The van der Waals surface area contributed by atoms with Crippen LogP contribution >= 0.6 is 0 Å². The van der Waals surface area contributed by atoms with Gasteiger partial charge in [-0.2, -0.15) is 0 Å². The molecule has 0 saturated carbocycles. The second-order valence-corrected chi connectivity index (χ2v) is 9.03. The maximum Gasteiger partial charge on any atom is 0.293 e. The second kappa shape index (κ2) is 7.67. The minimum atomic E-state index is -3.52. The lowest BCUT2D eigenvalue weighted by molar-refractivity contribution is -0.384. The smallest absolute Gasteiger partial charge is 0.293 e. The molecule has 3 rings (SSSR count). The summed E-state index contributed by atoms with van der Waals surface area (Å²) in [6, 6.07) is 3.98. The van der Waals surface area contributed by atoms with Crippen molar-refractivity contribution in [3.05, 3.63) is 40.5 Å². The van der Waals surface area contributed by atoms with E-state index in [1.54, 1.807) is 4.90 Å². The van der Waals surface area contributed by atoms with Crippen LogP contribution in [0.25, 0.3) is 0 Å². The van der Waals surface area contributed by atoms with Crippen LogP contribution in [0.3, 0.4) is 0 Å². The van der Waals surface area contributed by atoms with Gasteiger partial charge in [0.25, 0.3) is 5.69 Å². The Labute approximate surface area is 158 Å². The number of rotatable bonds is 5. The molecule has 1 saturated heterocycles. The summed E-state index contributed by atoms with van der Waals surface area (Å²) in [7, 11) is -3.52. The van der Waals surface area contributed by atoms with Gasteiger partial charge in [0.05, 0.1) is 9.82 Å². The first-order valence-electron chi connectivity index (χ1n) is 8.93. The van der Waals surface area contributed by atoms with E-state index in [1.807, 2.05) is 4.90 Å². The third kappa shape index (κ3) is 4.47. The molecule has 1 aromatic carbocycles. The fraction of sp³-hybridized carbons (Fsp3) is 0.500. The highest BCUT2D eigenvalue weighted by molar-refractivity contribution is 7.90. The van der Waals surface area contributed by atoms with Crippen LogP contribution in [-0.4, -0.2) is 56.6 Å². The fourth-order valence-corrected chi connectivity index (χ4v) is 4.20. The number of sulfone groups is 1. The number of nitro benzene ring substituents is 1. The molecule has 0 N–H and O–H groups in total. The summed E-state index contributed by atoms with van der Waals surface area (Å²) >= 11 is 0. The van der Waals surface area contributed by atoms with Crippen LogP contribution < -0.4 is 4.90 Å². The lowest BCUT2D eigenvalue weighted by Crippen LogP contribution is -2.49. The quantitative estimate of drug-likeness (QED) is 0.431. The van der Waals surface area contributed by atoms with Crippen molar-refractivity contribution >= 4 is 27.1 Å². The average Bonchev–Trinajstić information content (AvgIpc) is 3.13. The zero-order valence-corrected chi connectivity index (χ0v) is 16.0. The van der Waals surface area contributed by atoms with Crippen LogP contribution in [0.1, 0.15) is 19.3 Å². The van der Waals surface area contributed by atoms with Crippen molar-refractivity contribution in [1.29, 1.82) is 0 Å². The van der Waals surface area contributed by atoms with Crippen LogP contribution in [0, 0.1) is 16.0 Å². The molecule has 1 aliphatic carbocycles. The van der Waals surface area contributed by atoms with E-state index in [-0.39, 0.29) is 16.5 Å². The van der Waals surface area contributed by atoms with Crippen molar-refractivity contribution in [2.75, 3.05) is 37.3 Å². The van der Waals surface area contributed by atoms with Crippen LogP contribution in [0.4, 0.5) is 11.4 Å². The molecular formula is C18H23N3O5S. The molecule has 8 nitrogen and oxygen atoms in total. The molecule has 1 amide bonds. The molecule has 1 fully saturated rings. The zero-order valence-electron chi connectivity index (χ0n) is 15.2. The molecular weight excluding hydrogens is 370 g/mol. The number of allylic oxidation sites excluding steroid dienone is 2. The second-order valence-electron chi connectivity index (χ2n) is 7.02. The van der Waals surface area contributed by atoms with Crippen molar-refractivity contribution in [2.45, 2.75) is 24.2 Å². The molecule has 1 aliphatic heterocycles. The Morgan fingerprint density at radius 1 is 1.26 bits per heavy atom. The summed E-state index contributed by atoms with van der Waals surface area (Å²) in [6.07, 6.45) is 7.79. The molecule has 0 unspecified atom stereocenters. The van der Waals surface area contributed by atoms with E-state index >= 15 is 0 Å². The summed E-state index contributed by atoms with van der Waals surface area (Å²) in [4.78, 5) is 26.9. The van der Waals surface area contributed by atoms with Crippen LogP contribution in [-0.2, 0) is 14.6 Å². The van der Waals surface area contributed by atoms with Gasteiger partial charge in [-0.3, -0.25) is 14.9 Å². The number of nitrogens with zero attached hydrogens (tertiary/aromatic N) is 3. The number of anilines is 1. The maximum absolute atomic E-state index is 12.4. The lowest BCUT2D eigenvalue weighted by atomic mass is 10.0. The van der Waals surface area contributed by atoms with E-state index in [9.17, 15) is 23.3 Å². The normalized spacial score (nSPS) is 20.1. The number of hydrogen-bond acceptors (Lipinski definition) is 6. The van der Waals surface area contributed by atoms with Gasteiger partial charge in [0.2, 0.25) is 5.91 Å². The minimum absolute atomic E-state index is 0.0728. The number of carbonyl (C=O) groups excluding carboxylic acids is 1. The van der Waals surface area contributed by atoms with Crippen molar-refractivity contribution in [1.82, 2.24) is 4.90 Å². The van der Waals surface area contributed by atoms with Gasteiger partial charge in [0.15, 0.2) is 9.84 Å². The summed E-state index contributed by atoms with van der Waals surface area (Å²) < 4.78 is 23.3. The van der Waals surface area contributed by atoms with Crippen LogP contribution in [0.5, 0.6) is 0 Å². The number of piperazine rings is 1. The van der Waals surface area contributed by atoms with Crippen molar-refractivity contribution in [2.24, 2.45) is 5.92 Å². The minimum Gasteiger partial charge on any atom is -0.362 e. The molecule has 9 heteroatoms. The molecule has 1 aromatic rings. The Bertz CT molecular complexity index is 873. The molecule has 0 radical (unpaired) electrons. The highest BCUT2D eigenvalue weighted by Gasteiger charge is 2.28. The Hall–Kier alpha value is -2.42. The van der Waals surface area contributed by atoms with E-state index in [4.69, 9.17) is 0 Å². The first-order valence-corrected chi connectivity index (χ1v) is 10.8. The molecule has 0 bridgehead atoms. The van der Waals surface area contributed by atoms with Crippen LogP contribution in [0.15, 0.2) is 35.2 Å². The summed E-state index contributed by atoms with van der Waals surface area (Å²) in [6.45, 7) is 1.96. The number of hydrogen-bond donors (Lipinski definition) is 0. The summed E-state index contributed by atoms with van der Waals surface area (Å²) in [5, 5.41) is 11.4. The Morgan fingerprint density at radius 2 is 1.96 bits per heavy atom. The highest BCUT2D eigenvalue weighted by Crippen LogP contribution is 2.31. The van der Waals surface area contributed by atoms with Crippen molar-refractivity contribution in [3.63, 3.8) is 0 Å². The van der Waals surface area contributed by atoms with Gasteiger partial charge in [-0.15, -0.1) is 0 Å². The van der Waals surface area contributed by atoms with Gasteiger partial charge >= 0.3 is 0 Å². The Morgan fingerprint density at radius 3 is 2.52 bits per heavy atom. The highest BCUT2D eigenvalue weighted by atomic mass is 32.2. The predicted octanol–water partition coefficient (Wildman–Crippen LogP) is 2.00. The molecule has 27 heavy (non-hydrogen) atoms. The van der Waals surface area contributed by atoms with E-state index in [0.717, 1.165) is 25.2 Å². The first kappa shape index (κ1) is 19.3. The third-order valence-electron chi connectivity index (χ3n) is 5.09. The summed E-state index contributed by atoms with van der Waals surface area (Å²) in [5.41, 5.74) is 0.159. The van der Waals surface area contributed by atoms with Gasteiger partial charge < -0.3 is 9.80 Å². The maximum atomic E-state index is 12.4. The molecule has 0 aromatic heterocycles. The van der Waals surface area contributed by atoms with Gasteiger partial charge in [-0.25, -0.2) is 8.42 Å². The lowest BCUT2D eigenvalue weighted by Gasteiger charge is -2.36. The Balaban J connectivity index is 1.69. The largest absolute Gasteiger partial charge is 0.362 e. The Kier molecular flexibility index (Phi) is 5.50. The predicted molar refractivity (Wildman–Crippen MR) is 101 cm³/mol. The van der Waals surface area contributed by atoms with E-state index in [1.165, 1.54) is 12.1 Å². The van der Waals surface area contributed by atoms with E-state index in [2.05, 4.69) is 12.2 Å². The fourth-order valence-electron chi connectivity index (χ4n) is 3.56. The topological polar surface area (TPSA) is 101 Å². The van der Waals surface area contributed by atoms with Gasteiger partial charge in [0.1, 0.15) is 5.69 Å². The monoisotopic (exact) mass is 393 g/mol. The SMILES string of the molecule is CS(=O)(=O)c1ccc(N2CCN(C(=O)C[C@@H]3C=CCC3)CC2)c([N+](=O)[O-])c1. The number of amides is 1. The van der Waals surface area contributed by atoms with Gasteiger partial charge in [-0.1, -0.05) is 12.2 Å². The molecule has 2 aliphatic rings. The summed E-state index contributed by atoms with van der Waals surface area (Å²) in [5.74, 6) is 0.438. The average molecular weight is 393 g/mol. The standard InChI is InChI=1S/C18H23N3O5S/c1-27(25,26)15-6-7-16(17(13-15)21(23)24)19-8-10-20(11-9-19)18(22)12-14-4-2-3-5-14/h2,4,6-7,13-14H,3,5,8-12H2,1H3/t14-/m1/s1.